The minimum atomic E-state index is -4.43. The first kappa shape index (κ1) is 13.6. The number of hydrogen-bond donors (Lipinski definition) is 1. The third-order valence-electron chi connectivity index (χ3n) is 3.14. The molecule has 0 amide bonds. The molecule has 108 valence electrons. The summed E-state index contributed by atoms with van der Waals surface area (Å²) in [5, 5.41) is 9.49. The fraction of sp³-hybridized carbons (Fsp3) is 0.143. The van der Waals surface area contributed by atoms with E-state index in [-0.39, 0.29) is 12.3 Å². The molecule has 0 atom stereocenters. The summed E-state index contributed by atoms with van der Waals surface area (Å²) in [5.41, 5.74) is 0.838. The van der Waals surface area contributed by atoms with Gasteiger partial charge in [-0.3, -0.25) is 4.98 Å². The van der Waals surface area contributed by atoms with Gasteiger partial charge in [-0.05, 0) is 24.3 Å². The quantitative estimate of drug-likeness (QED) is 0.790. The normalized spacial score (nSPS) is 12.0. The number of halogens is 3. The van der Waals surface area contributed by atoms with E-state index in [2.05, 4.69) is 9.97 Å². The van der Waals surface area contributed by atoms with Crippen molar-refractivity contribution in [1.29, 1.82) is 0 Å². The summed E-state index contributed by atoms with van der Waals surface area (Å²) in [6, 6.07) is 5.35. The molecular formula is C14H10F3N3O. The van der Waals surface area contributed by atoms with Crippen LogP contribution in [0.25, 0.3) is 16.9 Å². The van der Waals surface area contributed by atoms with Gasteiger partial charge >= 0.3 is 6.18 Å². The number of aromatic nitrogens is 3. The molecule has 1 N–H and O–H groups in total. The number of aliphatic hydroxyl groups excluding tert-OH is 1. The summed E-state index contributed by atoms with van der Waals surface area (Å²) in [7, 11) is 0. The SMILES string of the molecule is OCc1c(-c2cccnc2)nc2cc(C(F)(F)F)ccn12. The third kappa shape index (κ3) is 2.36. The topological polar surface area (TPSA) is 50.4 Å². The van der Waals surface area contributed by atoms with Gasteiger partial charge in [0.05, 0.1) is 23.6 Å². The van der Waals surface area contributed by atoms with Gasteiger partial charge in [0.15, 0.2) is 0 Å². The van der Waals surface area contributed by atoms with Crippen molar-refractivity contribution >= 4 is 5.65 Å². The number of aliphatic hydroxyl groups is 1. The maximum Gasteiger partial charge on any atom is 0.416 e. The summed E-state index contributed by atoms with van der Waals surface area (Å²) in [4.78, 5) is 8.14. The van der Waals surface area contributed by atoms with Crippen LogP contribution >= 0.6 is 0 Å². The summed E-state index contributed by atoms with van der Waals surface area (Å²) >= 11 is 0. The largest absolute Gasteiger partial charge is 0.416 e. The van der Waals surface area contributed by atoms with Crippen LogP contribution in [0, 0.1) is 0 Å². The van der Waals surface area contributed by atoms with Crippen LogP contribution in [0.4, 0.5) is 13.2 Å². The molecule has 4 nitrogen and oxygen atoms in total. The molecule has 0 aliphatic heterocycles. The number of hydrogen-bond acceptors (Lipinski definition) is 3. The lowest BCUT2D eigenvalue weighted by Gasteiger charge is -2.06. The lowest BCUT2D eigenvalue weighted by atomic mass is 10.2. The van der Waals surface area contributed by atoms with Crippen LogP contribution in [0.15, 0.2) is 42.9 Å². The molecule has 0 spiro atoms. The van der Waals surface area contributed by atoms with Crippen molar-refractivity contribution in [1.82, 2.24) is 14.4 Å². The first-order valence-electron chi connectivity index (χ1n) is 6.10. The van der Waals surface area contributed by atoms with Gasteiger partial charge in [-0.1, -0.05) is 0 Å². The van der Waals surface area contributed by atoms with Crippen molar-refractivity contribution in [2.45, 2.75) is 12.8 Å². The van der Waals surface area contributed by atoms with Crippen LogP contribution in [0.2, 0.25) is 0 Å². The van der Waals surface area contributed by atoms with Crippen LogP contribution in [-0.4, -0.2) is 19.5 Å². The molecule has 0 aliphatic carbocycles. The molecule has 0 saturated heterocycles. The molecule has 21 heavy (non-hydrogen) atoms. The molecule has 0 bridgehead atoms. The van der Waals surface area contributed by atoms with Gasteiger partial charge in [0, 0.05) is 24.2 Å². The van der Waals surface area contributed by atoms with Crippen molar-refractivity contribution in [3.63, 3.8) is 0 Å². The summed E-state index contributed by atoms with van der Waals surface area (Å²) in [5.74, 6) is 0. The van der Waals surface area contributed by atoms with Crippen molar-refractivity contribution in [3.05, 3.63) is 54.1 Å². The van der Waals surface area contributed by atoms with Crippen molar-refractivity contribution in [2.24, 2.45) is 0 Å². The van der Waals surface area contributed by atoms with E-state index in [1.165, 1.54) is 10.6 Å². The lowest BCUT2D eigenvalue weighted by Crippen LogP contribution is -2.05. The molecule has 3 rings (SSSR count). The van der Waals surface area contributed by atoms with E-state index in [1.807, 2.05) is 0 Å². The molecule has 0 unspecified atom stereocenters. The average Bonchev–Trinajstić information content (AvgIpc) is 2.84. The second-order valence-corrected chi connectivity index (χ2v) is 4.45. The zero-order valence-electron chi connectivity index (χ0n) is 10.7. The first-order chi connectivity index (χ1) is 10.0. The van der Waals surface area contributed by atoms with Crippen LogP contribution in [0.3, 0.4) is 0 Å². The van der Waals surface area contributed by atoms with Crippen molar-refractivity contribution in [2.75, 3.05) is 0 Å². The number of pyridine rings is 2. The van der Waals surface area contributed by atoms with Gasteiger partial charge in [0.2, 0.25) is 0 Å². The Morgan fingerprint density at radius 2 is 2.05 bits per heavy atom. The van der Waals surface area contributed by atoms with Gasteiger partial charge in [0.1, 0.15) is 5.65 Å². The second-order valence-electron chi connectivity index (χ2n) is 4.45. The van der Waals surface area contributed by atoms with Gasteiger partial charge in [0.25, 0.3) is 0 Å². The molecular weight excluding hydrogens is 283 g/mol. The van der Waals surface area contributed by atoms with Crippen LogP contribution < -0.4 is 0 Å². The van der Waals surface area contributed by atoms with Crippen LogP contribution in [0.1, 0.15) is 11.3 Å². The molecule has 0 radical (unpaired) electrons. The molecule has 3 aromatic rings. The van der Waals surface area contributed by atoms with E-state index >= 15 is 0 Å². The Kier molecular flexibility index (Phi) is 3.13. The second kappa shape index (κ2) is 4.85. The van der Waals surface area contributed by atoms with E-state index in [9.17, 15) is 18.3 Å². The fourth-order valence-corrected chi connectivity index (χ4v) is 2.16. The number of fused-ring (bicyclic) bond motifs is 1. The molecule has 0 aromatic carbocycles. The van der Waals surface area contributed by atoms with Crippen LogP contribution in [-0.2, 0) is 12.8 Å². The molecule has 3 heterocycles. The number of imidazole rings is 1. The van der Waals surface area contributed by atoms with E-state index in [0.29, 0.717) is 17.0 Å². The Hall–Kier alpha value is -2.41. The zero-order chi connectivity index (χ0) is 15.0. The number of nitrogens with zero attached hydrogens (tertiary/aromatic N) is 3. The smallest absolute Gasteiger partial charge is 0.390 e. The Morgan fingerprint density at radius 3 is 2.67 bits per heavy atom. The minimum absolute atomic E-state index is 0.132. The number of rotatable bonds is 2. The molecule has 3 aromatic heterocycles. The highest BCUT2D eigenvalue weighted by Crippen LogP contribution is 2.31. The maximum atomic E-state index is 12.7. The predicted molar refractivity (Wildman–Crippen MR) is 69.3 cm³/mol. The van der Waals surface area contributed by atoms with Gasteiger partial charge in [-0.25, -0.2) is 4.98 Å². The minimum Gasteiger partial charge on any atom is -0.390 e. The standard InChI is InChI=1S/C14H10F3N3O/c15-14(16,17)10-3-5-20-11(8-21)13(19-12(20)6-10)9-2-1-4-18-7-9/h1-7,21H,8H2. The predicted octanol–water partition coefficient (Wildman–Crippen LogP) is 2.91. The van der Waals surface area contributed by atoms with E-state index in [1.54, 1.807) is 24.5 Å². The van der Waals surface area contributed by atoms with E-state index < -0.39 is 11.7 Å². The Morgan fingerprint density at radius 1 is 1.24 bits per heavy atom. The molecule has 0 fully saturated rings. The zero-order valence-corrected chi connectivity index (χ0v) is 10.7. The molecule has 7 heteroatoms. The average molecular weight is 293 g/mol. The first-order valence-corrected chi connectivity index (χ1v) is 6.10. The van der Waals surface area contributed by atoms with Gasteiger partial charge in [-0.2, -0.15) is 13.2 Å². The molecule has 0 saturated carbocycles. The van der Waals surface area contributed by atoms with Crippen molar-refractivity contribution in [3.8, 4) is 11.3 Å². The Labute approximate surface area is 117 Å². The van der Waals surface area contributed by atoms with E-state index in [4.69, 9.17) is 0 Å². The summed E-state index contributed by atoms with van der Waals surface area (Å²) in [6.07, 6.45) is -0.0383. The summed E-state index contributed by atoms with van der Waals surface area (Å²) in [6.45, 7) is -0.337. The highest BCUT2D eigenvalue weighted by molar-refractivity contribution is 5.66. The monoisotopic (exact) mass is 293 g/mol. The highest BCUT2D eigenvalue weighted by Gasteiger charge is 2.31. The van der Waals surface area contributed by atoms with E-state index in [0.717, 1.165) is 12.1 Å². The Bertz CT molecular complexity index is 781. The molecule has 0 aliphatic rings. The Balaban J connectivity index is 2.23. The number of alkyl halides is 3. The summed E-state index contributed by atoms with van der Waals surface area (Å²) < 4.78 is 39.6. The van der Waals surface area contributed by atoms with Gasteiger partial charge in [-0.15, -0.1) is 0 Å². The van der Waals surface area contributed by atoms with Gasteiger partial charge < -0.3 is 9.51 Å². The lowest BCUT2D eigenvalue weighted by molar-refractivity contribution is -0.137. The fourth-order valence-electron chi connectivity index (χ4n) is 2.16. The van der Waals surface area contributed by atoms with Crippen molar-refractivity contribution < 1.29 is 18.3 Å². The highest BCUT2D eigenvalue weighted by atomic mass is 19.4. The maximum absolute atomic E-state index is 12.7. The van der Waals surface area contributed by atoms with Crippen LogP contribution in [0.5, 0.6) is 0 Å². The third-order valence-corrected chi connectivity index (χ3v) is 3.14.